The lowest BCUT2D eigenvalue weighted by Gasteiger charge is -2.15. The minimum Gasteiger partial charge on any atom is -0.504 e. The maximum absolute atomic E-state index is 14.0. The molecule has 2 aromatic rings. The lowest BCUT2D eigenvalue weighted by molar-refractivity contribution is -0.143. The van der Waals surface area contributed by atoms with Crippen LogP contribution in [-0.4, -0.2) is 7.11 Å². The SMILES string of the molecule is CC.CCCC.CO/C=C/c1cc(F)c(Oc2cc(C(F)(F)F)cc(C(F)(F)F)c2)cc1F. The maximum atomic E-state index is 14.0. The summed E-state index contributed by atoms with van der Waals surface area (Å²) in [7, 11) is 1.26. The first-order valence-corrected chi connectivity index (χ1v) is 9.99. The van der Waals surface area contributed by atoms with Crippen molar-refractivity contribution in [3.05, 3.63) is 64.9 Å². The summed E-state index contributed by atoms with van der Waals surface area (Å²) in [5, 5.41) is 0. The first-order chi connectivity index (χ1) is 15.3. The van der Waals surface area contributed by atoms with Crippen molar-refractivity contribution < 1.29 is 44.6 Å². The Balaban J connectivity index is 0.00000154. The molecule has 0 amide bonds. The molecule has 0 atom stereocenters. The van der Waals surface area contributed by atoms with E-state index in [-0.39, 0.29) is 23.8 Å². The number of rotatable bonds is 5. The van der Waals surface area contributed by atoms with Crippen LogP contribution in [0.5, 0.6) is 11.5 Å². The van der Waals surface area contributed by atoms with Gasteiger partial charge in [0, 0.05) is 11.6 Å². The van der Waals surface area contributed by atoms with Crippen molar-refractivity contribution in [1.82, 2.24) is 0 Å². The zero-order valence-corrected chi connectivity index (χ0v) is 18.8. The molecule has 0 radical (unpaired) electrons. The Morgan fingerprint density at radius 3 is 1.64 bits per heavy atom. The second-order valence-corrected chi connectivity index (χ2v) is 6.19. The van der Waals surface area contributed by atoms with E-state index in [4.69, 9.17) is 4.74 Å². The van der Waals surface area contributed by atoms with E-state index in [0.717, 1.165) is 12.3 Å². The fourth-order valence-electron chi connectivity index (χ4n) is 2.00. The molecule has 0 fully saturated rings. The van der Waals surface area contributed by atoms with Crippen LogP contribution in [0.4, 0.5) is 35.1 Å². The molecule has 0 spiro atoms. The van der Waals surface area contributed by atoms with Crippen LogP contribution < -0.4 is 4.74 Å². The highest BCUT2D eigenvalue weighted by molar-refractivity contribution is 5.52. The highest BCUT2D eigenvalue weighted by atomic mass is 19.4. The smallest absolute Gasteiger partial charge is 0.416 e. The van der Waals surface area contributed by atoms with Crippen molar-refractivity contribution >= 4 is 6.08 Å². The van der Waals surface area contributed by atoms with Crippen molar-refractivity contribution in [3.8, 4) is 11.5 Å². The number of hydrogen-bond acceptors (Lipinski definition) is 2. The summed E-state index contributed by atoms with van der Waals surface area (Å²) in [5.41, 5.74) is -3.55. The van der Waals surface area contributed by atoms with Crippen LogP contribution in [0.3, 0.4) is 0 Å². The van der Waals surface area contributed by atoms with Crippen molar-refractivity contribution in [3.63, 3.8) is 0 Å². The molecule has 0 aliphatic rings. The highest BCUT2D eigenvalue weighted by Crippen LogP contribution is 2.39. The highest BCUT2D eigenvalue weighted by Gasteiger charge is 2.37. The fourth-order valence-corrected chi connectivity index (χ4v) is 2.00. The summed E-state index contributed by atoms with van der Waals surface area (Å²) in [6.07, 6.45) is -5.45. The molecule has 0 N–H and O–H groups in total. The Kier molecular flexibility index (Phi) is 12.5. The molecule has 2 aromatic carbocycles. The predicted molar refractivity (Wildman–Crippen MR) is 111 cm³/mol. The summed E-state index contributed by atoms with van der Waals surface area (Å²) in [6.45, 7) is 8.36. The van der Waals surface area contributed by atoms with Gasteiger partial charge in [-0.15, -0.1) is 0 Å². The van der Waals surface area contributed by atoms with Crippen molar-refractivity contribution in [2.75, 3.05) is 7.11 Å². The molecule has 0 aliphatic carbocycles. The van der Waals surface area contributed by atoms with E-state index in [9.17, 15) is 35.1 Å². The van der Waals surface area contributed by atoms with E-state index >= 15 is 0 Å². The molecule has 33 heavy (non-hydrogen) atoms. The summed E-state index contributed by atoms with van der Waals surface area (Å²) >= 11 is 0. The third-order valence-corrected chi connectivity index (χ3v) is 3.72. The molecule has 0 saturated heterocycles. The summed E-state index contributed by atoms with van der Waals surface area (Å²) < 4.78 is 114. The molecule has 0 unspecified atom stereocenters. The second-order valence-electron chi connectivity index (χ2n) is 6.19. The van der Waals surface area contributed by atoms with Gasteiger partial charge >= 0.3 is 12.4 Å². The zero-order chi connectivity index (χ0) is 25.8. The van der Waals surface area contributed by atoms with Crippen molar-refractivity contribution in [2.45, 2.75) is 52.9 Å². The lowest BCUT2D eigenvalue weighted by Crippen LogP contribution is -2.11. The van der Waals surface area contributed by atoms with E-state index in [1.165, 1.54) is 20.0 Å². The van der Waals surface area contributed by atoms with Crippen LogP contribution in [0.2, 0.25) is 0 Å². The third-order valence-electron chi connectivity index (χ3n) is 3.72. The summed E-state index contributed by atoms with van der Waals surface area (Å²) in [4.78, 5) is 0. The van der Waals surface area contributed by atoms with Gasteiger partial charge in [-0.05, 0) is 30.3 Å². The quantitative estimate of drug-likeness (QED) is 0.310. The van der Waals surface area contributed by atoms with E-state index < -0.39 is 46.6 Å². The average Bonchev–Trinajstić information content (AvgIpc) is 2.75. The molecular formula is C23H26F8O2. The predicted octanol–water partition coefficient (Wildman–Crippen LogP) is 9.24. The van der Waals surface area contributed by atoms with Gasteiger partial charge in [0.2, 0.25) is 0 Å². The first kappa shape index (κ1) is 30.2. The van der Waals surface area contributed by atoms with E-state index in [2.05, 4.69) is 18.6 Å². The Morgan fingerprint density at radius 2 is 1.24 bits per heavy atom. The van der Waals surface area contributed by atoms with Crippen LogP contribution in [0.1, 0.15) is 57.2 Å². The Bertz CT molecular complexity index is 853. The van der Waals surface area contributed by atoms with Crippen LogP contribution in [-0.2, 0) is 17.1 Å². The van der Waals surface area contributed by atoms with Gasteiger partial charge < -0.3 is 9.47 Å². The van der Waals surface area contributed by atoms with Gasteiger partial charge in [0.25, 0.3) is 0 Å². The van der Waals surface area contributed by atoms with E-state index in [1.54, 1.807) is 0 Å². The lowest BCUT2D eigenvalue weighted by atomic mass is 10.1. The zero-order valence-electron chi connectivity index (χ0n) is 18.8. The molecule has 0 heterocycles. The minimum absolute atomic E-state index is 0.109. The molecule has 10 heteroatoms. The third kappa shape index (κ3) is 10.1. The summed E-state index contributed by atoms with van der Waals surface area (Å²) in [5.74, 6) is -4.05. The number of unbranched alkanes of at least 4 members (excludes halogenated alkanes) is 1. The minimum atomic E-state index is -5.10. The van der Waals surface area contributed by atoms with Gasteiger partial charge in [-0.2, -0.15) is 26.3 Å². The maximum Gasteiger partial charge on any atom is 0.416 e. The van der Waals surface area contributed by atoms with Crippen molar-refractivity contribution in [1.29, 1.82) is 0 Å². The van der Waals surface area contributed by atoms with Gasteiger partial charge in [-0.25, -0.2) is 8.78 Å². The van der Waals surface area contributed by atoms with Crippen LogP contribution in [0.15, 0.2) is 36.6 Å². The molecule has 0 saturated carbocycles. The van der Waals surface area contributed by atoms with E-state index in [1.807, 2.05) is 13.8 Å². The van der Waals surface area contributed by atoms with Gasteiger partial charge in [0.1, 0.15) is 11.6 Å². The normalized spacial score (nSPS) is 11.3. The van der Waals surface area contributed by atoms with Gasteiger partial charge in [-0.3, -0.25) is 0 Å². The fraction of sp³-hybridized carbons (Fsp3) is 0.391. The van der Waals surface area contributed by atoms with Crippen LogP contribution >= 0.6 is 0 Å². The number of methoxy groups -OCH3 is 1. The average molecular weight is 486 g/mol. The summed E-state index contributed by atoms with van der Waals surface area (Å²) in [6, 6.07) is 1.55. The Labute approximate surface area is 187 Å². The number of hydrogen-bond donors (Lipinski definition) is 0. The van der Waals surface area contributed by atoms with E-state index in [0.29, 0.717) is 12.1 Å². The molecule has 0 aromatic heterocycles. The number of ether oxygens (including phenoxy) is 2. The monoisotopic (exact) mass is 486 g/mol. The number of halogens is 8. The molecule has 0 bridgehead atoms. The van der Waals surface area contributed by atoms with Crippen LogP contribution in [0, 0.1) is 11.6 Å². The van der Waals surface area contributed by atoms with Crippen LogP contribution in [0.25, 0.3) is 6.08 Å². The second kappa shape index (κ2) is 13.7. The Hall–Kier alpha value is -2.78. The molecule has 2 rings (SSSR count). The molecule has 186 valence electrons. The van der Waals surface area contributed by atoms with Crippen molar-refractivity contribution in [2.24, 2.45) is 0 Å². The first-order valence-electron chi connectivity index (χ1n) is 9.99. The van der Waals surface area contributed by atoms with Gasteiger partial charge in [0.15, 0.2) is 11.6 Å². The largest absolute Gasteiger partial charge is 0.504 e. The topological polar surface area (TPSA) is 18.5 Å². The number of benzene rings is 2. The Morgan fingerprint density at radius 1 is 0.758 bits per heavy atom. The molecule has 2 nitrogen and oxygen atoms in total. The molecule has 0 aliphatic heterocycles. The number of alkyl halides is 6. The standard InChI is InChI=1S/C17H10F8O2.C4H10.C2H6/c1-26-3-2-9-4-14(19)15(8-13(9)18)27-12-6-10(16(20,21)22)5-11(7-12)17(23,24)25;1-3-4-2;1-2/h2-8H,1H3;3-4H2,1-2H3;1-2H3/b3-2+;;. The molecular weight excluding hydrogens is 460 g/mol. The van der Waals surface area contributed by atoms with Gasteiger partial charge in [-0.1, -0.05) is 40.5 Å². The van der Waals surface area contributed by atoms with Gasteiger partial charge in [0.05, 0.1) is 24.5 Å².